The number of nitrogens with zero attached hydrogens (tertiary/aromatic N) is 1. The maximum Gasteiger partial charge on any atom is 0.416 e. The van der Waals surface area contributed by atoms with Crippen molar-refractivity contribution in [3.8, 4) is 0 Å². The van der Waals surface area contributed by atoms with Crippen LogP contribution in [0.4, 0.5) is 18.9 Å². The third kappa shape index (κ3) is 4.38. The minimum absolute atomic E-state index is 0.0263. The van der Waals surface area contributed by atoms with Gasteiger partial charge in [0.2, 0.25) is 11.8 Å². The third-order valence-corrected chi connectivity index (χ3v) is 3.86. The fraction of sp³-hybridized carbons (Fsp3) is 0.385. The van der Waals surface area contributed by atoms with Crippen molar-refractivity contribution < 1.29 is 22.8 Å². The number of hydrogen-bond donors (Lipinski definition) is 1. The predicted octanol–water partition coefficient (Wildman–Crippen LogP) is 2.57. The van der Waals surface area contributed by atoms with E-state index in [0.717, 1.165) is 17.9 Å². The van der Waals surface area contributed by atoms with Crippen molar-refractivity contribution in [2.24, 2.45) is 0 Å². The van der Waals surface area contributed by atoms with E-state index in [9.17, 15) is 22.8 Å². The molecule has 1 N–H and O–H groups in total. The Labute approximate surface area is 123 Å². The first-order valence-corrected chi connectivity index (χ1v) is 7.34. The molecule has 4 nitrogen and oxygen atoms in total. The van der Waals surface area contributed by atoms with E-state index < -0.39 is 17.6 Å². The monoisotopic (exact) mass is 318 g/mol. The van der Waals surface area contributed by atoms with E-state index in [1.54, 1.807) is 16.7 Å². The Hall–Kier alpha value is -1.70. The molecule has 0 saturated carbocycles. The van der Waals surface area contributed by atoms with E-state index in [4.69, 9.17) is 0 Å². The van der Waals surface area contributed by atoms with Crippen molar-refractivity contribution in [3.05, 3.63) is 29.8 Å². The Morgan fingerprint density at radius 3 is 2.71 bits per heavy atom. The van der Waals surface area contributed by atoms with Gasteiger partial charge in [0.15, 0.2) is 0 Å². The Morgan fingerprint density at radius 2 is 2.10 bits per heavy atom. The average Bonchev–Trinajstić information content (AvgIpc) is 2.91. The van der Waals surface area contributed by atoms with Gasteiger partial charge in [-0.3, -0.25) is 9.59 Å². The van der Waals surface area contributed by atoms with E-state index in [0.29, 0.717) is 12.4 Å². The van der Waals surface area contributed by atoms with Crippen molar-refractivity contribution in [1.82, 2.24) is 4.90 Å². The van der Waals surface area contributed by atoms with Crippen LogP contribution >= 0.6 is 11.8 Å². The topological polar surface area (TPSA) is 49.4 Å². The van der Waals surface area contributed by atoms with E-state index in [1.807, 2.05) is 0 Å². The lowest BCUT2D eigenvalue weighted by Gasteiger charge is -2.14. The molecule has 1 aliphatic heterocycles. The molecule has 21 heavy (non-hydrogen) atoms. The van der Waals surface area contributed by atoms with Crippen LogP contribution in [-0.2, 0) is 15.8 Å². The molecule has 0 radical (unpaired) electrons. The van der Waals surface area contributed by atoms with Crippen LogP contribution in [0, 0.1) is 0 Å². The molecule has 0 aromatic heterocycles. The molecule has 1 aromatic carbocycles. The largest absolute Gasteiger partial charge is 0.416 e. The Morgan fingerprint density at radius 1 is 1.33 bits per heavy atom. The van der Waals surface area contributed by atoms with Gasteiger partial charge in [0.05, 0.1) is 11.4 Å². The number of anilines is 1. The SMILES string of the molecule is O=C(CC(=O)N1CCSC1)Nc1cccc(C(F)(F)F)c1. The van der Waals surface area contributed by atoms with Gasteiger partial charge in [-0.2, -0.15) is 13.2 Å². The number of amides is 2. The van der Waals surface area contributed by atoms with E-state index in [2.05, 4.69) is 5.32 Å². The second-order valence-electron chi connectivity index (χ2n) is 4.50. The summed E-state index contributed by atoms with van der Waals surface area (Å²) in [6.07, 6.45) is -4.83. The first-order valence-electron chi connectivity index (χ1n) is 6.19. The molecule has 8 heteroatoms. The van der Waals surface area contributed by atoms with Gasteiger partial charge in [-0.25, -0.2) is 0 Å². The Balaban J connectivity index is 1.95. The van der Waals surface area contributed by atoms with Gasteiger partial charge in [0, 0.05) is 18.0 Å². The number of thioether (sulfide) groups is 1. The summed E-state index contributed by atoms with van der Waals surface area (Å²) in [5.74, 6) is 0.456. The summed E-state index contributed by atoms with van der Waals surface area (Å²) in [5.41, 5.74) is -0.819. The Bertz CT molecular complexity index is 542. The summed E-state index contributed by atoms with van der Waals surface area (Å²) >= 11 is 1.59. The normalized spacial score (nSPS) is 15.1. The summed E-state index contributed by atoms with van der Waals surface area (Å²) in [6.45, 7) is 0.598. The van der Waals surface area contributed by atoms with E-state index >= 15 is 0 Å². The summed E-state index contributed by atoms with van der Waals surface area (Å²) in [7, 11) is 0. The maximum atomic E-state index is 12.5. The van der Waals surface area contributed by atoms with Crippen molar-refractivity contribution >= 4 is 29.3 Å². The van der Waals surface area contributed by atoms with Crippen LogP contribution < -0.4 is 5.32 Å². The first-order chi connectivity index (χ1) is 9.86. The Kier molecular flexibility index (Phi) is 4.76. The number of halogens is 3. The number of nitrogens with one attached hydrogen (secondary N) is 1. The molecule has 2 amide bonds. The molecule has 0 aliphatic carbocycles. The second kappa shape index (κ2) is 6.38. The third-order valence-electron chi connectivity index (χ3n) is 2.89. The van der Waals surface area contributed by atoms with Crippen molar-refractivity contribution in [2.75, 3.05) is 23.5 Å². The van der Waals surface area contributed by atoms with Crippen LogP contribution in [0.3, 0.4) is 0 Å². The van der Waals surface area contributed by atoms with Gasteiger partial charge in [-0.05, 0) is 18.2 Å². The molecule has 2 rings (SSSR count). The molecular weight excluding hydrogens is 305 g/mol. The molecule has 1 saturated heterocycles. The van der Waals surface area contributed by atoms with Gasteiger partial charge in [0.1, 0.15) is 6.42 Å². The van der Waals surface area contributed by atoms with Crippen LogP contribution in [0.5, 0.6) is 0 Å². The molecule has 1 heterocycles. The zero-order valence-corrected chi connectivity index (χ0v) is 11.8. The molecular formula is C13H13F3N2O2S. The summed E-state index contributed by atoms with van der Waals surface area (Å²) in [5, 5.41) is 2.32. The molecule has 0 bridgehead atoms. The van der Waals surface area contributed by atoms with Crippen molar-refractivity contribution in [2.45, 2.75) is 12.6 Å². The number of benzene rings is 1. The molecule has 1 aliphatic rings. The lowest BCUT2D eigenvalue weighted by molar-refractivity contribution is -0.138. The van der Waals surface area contributed by atoms with E-state index in [1.165, 1.54) is 12.1 Å². The molecule has 0 atom stereocenters. The highest BCUT2D eigenvalue weighted by molar-refractivity contribution is 7.99. The van der Waals surface area contributed by atoms with Crippen LogP contribution in [0.1, 0.15) is 12.0 Å². The fourth-order valence-corrected chi connectivity index (χ4v) is 2.81. The predicted molar refractivity (Wildman–Crippen MR) is 73.7 cm³/mol. The van der Waals surface area contributed by atoms with E-state index in [-0.39, 0.29) is 18.0 Å². The molecule has 1 aromatic rings. The van der Waals surface area contributed by atoms with Crippen molar-refractivity contribution in [1.29, 1.82) is 0 Å². The standard InChI is InChI=1S/C13H13F3N2O2S/c14-13(15,16)9-2-1-3-10(6-9)17-11(19)7-12(20)18-4-5-21-8-18/h1-3,6H,4-5,7-8H2,(H,17,19). The lowest BCUT2D eigenvalue weighted by Crippen LogP contribution is -2.31. The summed E-state index contributed by atoms with van der Waals surface area (Å²) in [6, 6.07) is 4.32. The van der Waals surface area contributed by atoms with Crippen LogP contribution in [0.15, 0.2) is 24.3 Å². The lowest BCUT2D eigenvalue weighted by atomic mass is 10.2. The first kappa shape index (κ1) is 15.7. The summed E-state index contributed by atoms with van der Waals surface area (Å²) in [4.78, 5) is 25.0. The smallest absolute Gasteiger partial charge is 0.332 e. The quantitative estimate of drug-likeness (QED) is 0.872. The highest BCUT2D eigenvalue weighted by Crippen LogP contribution is 2.30. The highest BCUT2D eigenvalue weighted by atomic mass is 32.2. The number of carbonyl (C=O) groups is 2. The van der Waals surface area contributed by atoms with Gasteiger partial charge >= 0.3 is 6.18 Å². The molecule has 0 spiro atoms. The summed E-state index contributed by atoms with van der Waals surface area (Å²) < 4.78 is 37.6. The molecule has 0 unspecified atom stereocenters. The number of rotatable bonds is 3. The van der Waals surface area contributed by atoms with Gasteiger partial charge < -0.3 is 10.2 Å². The van der Waals surface area contributed by atoms with Crippen molar-refractivity contribution in [3.63, 3.8) is 0 Å². The minimum Gasteiger partial charge on any atom is -0.332 e. The zero-order valence-electron chi connectivity index (χ0n) is 10.9. The van der Waals surface area contributed by atoms with Crippen LogP contribution in [0.25, 0.3) is 0 Å². The van der Waals surface area contributed by atoms with Crippen LogP contribution in [-0.4, -0.2) is 34.9 Å². The zero-order chi connectivity index (χ0) is 15.5. The highest BCUT2D eigenvalue weighted by Gasteiger charge is 2.30. The minimum atomic E-state index is -4.47. The maximum absolute atomic E-state index is 12.5. The van der Waals surface area contributed by atoms with Gasteiger partial charge in [0.25, 0.3) is 0 Å². The second-order valence-corrected chi connectivity index (χ2v) is 5.57. The van der Waals surface area contributed by atoms with Gasteiger partial charge in [-0.15, -0.1) is 11.8 Å². The van der Waals surface area contributed by atoms with Gasteiger partial charge in [-0.1, -0.05) is 6.07 Å². The number of carbonyl (C=O) groups excluding carboxylic acids is 2. The number of alkyl halides is 3. The molecule has 1 fully saturated rings. The fourth-order valence-electron chi connectivity index (χ4n) is 1.84. The van der Waals surface area contributed by atoms with Crippen LogP contribution in [0.2, 0.25) is 0 Å². The molecule has 114 valence electrons. The average molecular weight is 318 g/mol. The number of hydrogen-bond acceptors (Lipinski definition) is 3.